The second-order valence-corrected chi connectivity index (χ2v) is 6.17. The maximum atomic E-state index is 13.2. The van der Waals surface area contributed by atoms with Crippen LogP contribution < -0.4 is 5.56 Å². The molecule has 1 aromatic rings. The third-order valence-electron chi connectivity index (χ3n) is 4.37. The minimum absolute atomic E-state index is 0.0211. The van der Waals surface area contributed by atoms with E-state index in [9.17, 15) is 18.4 Å². The van der Waals surface area contributed by atoms with E-state index >= 15 is 0 Å². The summed E-state index contributed by atoms with van der Waals surface area (Å²) in [5, 5.41) is 4.29. The number of rotatable bonds is 3. The molecule has 2 aliphatic rings. The molecule has 1 aromatic heterocycles. The monoisotopic (exact) mass is 311 g/mol. The van der Waals surface area contributed by atoms with Crippen LogP contribution in [-0.2, 0) is 4.79 Å². The van der Waals surface area contributed by atoms with E-state index < -0.39 is 12.0 Å². The van der Waals surface area contributed by atoms with Gasteiger partial charge in [0, 0.05) is 37.9 Å². The molecule has 0 bridgehead atoms. The smallest absolute Gasteiger partial charge is 0.267 e. The Labute approximate surface area is 126 Å². The average Bonchev–Trinajstić information content (AvgIpc) is 3.31. The van der Waals surface area contributed by atoms with Gasteiger partial charge in [-0.05, 0) is 25.8 Å². The first-order valence-corrected chi connectivity index (χ1v) is 7.64. The lowest BCUT2D eigenvalue weighted by Gasteiger charge is -2.33. The Kier molecular flexibility index (Phi) is 3.74. The summed E-state index contributed by atoms with van der Waals surface area (Å²) >= 11 is 0. The second kappa shape index (κ2) is 5.44. The van der Waals surface area contributed by atoms with E-state index in [1.165, 1.54) is 15.6 Å². The molecule has 1 amide bonds. The fourth-order valence-electron chi connectivity index (χ4n) is 2.74. The zero-order valence-electron chi connectivity index (χ0n) is 12.5. The van der Waals surface area contributed by atoms with Crippen LogP contribution in [0, 0.1) is 0 Å². The Bertz CT molecular complexity index is 630. The number of alkyl halides is 2. The van der Waals surface area contributed by atoms with Crippen molar-refractivity contribution in [2.45, 2.75) is 50.5 Å². The van der Waals surface area contributed by atoms with Gasteiger partial charge in [0.1, 0.15) is 6.04 Å². The summed E-state index contributed by atoms with van der Waals surface area (Å²) in [7, 11) is 0. The maximum Gasteiger partial charge on any atom is 0.267 e. The van der Waals surface area contributed by atoms with Crippen molar-refractivity contribution in [1.82, 2.24) is 14.7 Å². The molecule has 3 rings (SSSR count). The van der Waals surface area contributed by atoms with Crippen LogP contribution in [0.1, 0.15) is 50.3 Å². The topological polar surface area (TPSA) is 55.2 Å². The highest BCUT2D eigenvalue weighted by Crippen LogP contribution is 2.38. The maximum absolute atomic E-state index is 13.2. The Morgan fingerprint density at radius 1 is 1.32 bits per heavy atom. The summed E-state index contributed by atoms with van der Waals surface area (Å²) < 4.78 is 27.5. The molecule has 0 spiro atoms. The molecule has 0 N–H and O–H groups in total. The third kappa shape index (κ3) is 3.03. The fourth-order valence-corrected chi connectivity index (χ4v) is 2.74. The summed E-state index contributed by atoms with van der Waals surface area (Å²) in [5.74, 6) is -2.64. The molecule has 2 fully saturated rings. The summed E-state index contributed by atoms with van der Waals surface area (Å²) in [6.07, 6.45) is 1.45. The van der Waals surface area contributed by atoms with Crippen LogP contribution in [0.25, 0.3) is 0 Å². The number of amides is 1. The Morgan fingerprint density at radius 2 is 1.95 bits per heavy atom. The highest BCUT2D eigenvalue weighted by Gasteiger charge is 2.37. The van der Waals surface area contributed by atoms with Crippen molar-refractivity contribution >= 4 is 5.91 Å². The van der Waals surface area contributed by atoms with Crippen LogP contribution in [-0.4, -0.2) is 39.6 Å². The highest BCUT2D eigenvalue weighted by molar-refractivity contribution is 5.80. The Hall–Kier alpha value is -1.79. The van der Waals surface area contributed by atoms with Gasteiger partial charge < -0.3 is 4.90 Å². The third-order valence-corrected chi connectivity index (χ3v) is 4.37. The Balaban J connectivity index is 1.76. The standard InChI is InChI=1S/C15H19F2N3O2/c1-10(14(22)19-8-6-15(16,17)7-9-19)20-13(21)5-4-12(18-20)11-2-3-11/h4-5,10-11H,2-3,6-9H2,1H3. The molecule has 1 atom stereocenters. The number of likely N-dealkylation sites (tertiary alicyclic amines) is 1. The van der Waals surface area contributed by atoms with Gasteiger partial charge in [0.05, 0.1) is 5.69 Å². The quantitative estimate of drug-likeness (QED) is 0.857. The molecule has 7 heteroatoms. The molecule has 120 valence electrons. The van der Waals surface area contributed by atoms with Gasteiger partial charge in [-0.15, -0.1) is 0 Å². The predicted octanol–water partition coefficient (Wildman–Crippen LogP) is 1.94. The van der Waals surface area contributed by atoms with Gasteiger partial charge in [0.25, 0.3) is 11.5 Å². The first kappa shape index (κ1) is 15.1. The van der Waals surface area contributed by atoms with E-state index in [4.69, 9.17) is 0 Å². The van der Waals surface area contributed by atoms with Crippen molar-refractivity contribution in [3.05, 3.63) is 28.2 Å². The molecule has 5 nitrogen and oxygen atoms in total. The minimum atomic E-state index is -2.69. The van der Waals surface area contributed by atoms with Crippen LogP contribution in [0.5, 0.6) is 0 Å². The molecule has 1 saturated carbocycles. The van der Waals surface area contributed by atoms with Gasteiger partial charge in [-0.1, -0.05) is 0 Å². The van der Waals surface area contributed by atoms with Crippen LogP contribution in [0.2, 0.25) is 0 Å². The first-order valence-electron chi connectivity index (χ1n) is 7.64. The van der Waals surface area contributed by atoms with Crippen molar-refractivity contribution in [2.75, 3.05) is 13.1 Å². The molecule has 0 radical (unpaired) electrons. The summed E-state index contributed by atoms with van der Waals surface area (Å²) in [5.41, 5.74) is 0.483. The van der Waals surface area contributed by atoms with E-state index in [-0.39, 0.29) is 37.4 Å². The molecular weight excluding hydrogens is 292 g/mol. The lowest BCUT2D eigenvalue weighted by molar-refractivity contribution is -0.140. The summed E-state index contributed by atoms with van der Waals surface area (Å²) in [6, 6.07) is 2.36. The number of piperidine rings is 1. The molecule has 2 heterocycles. The fraction of sp³-hybridized carbons (Fsp3) is 0.667. The Morgan fingerprint density at radius 3 is 2.55 bits per heavy atom. The molecule has 1 unspecified atom stereocenters. The number of carbonyl (C=O) groups is 1. The number of hydrogen-bond acceptors (Lipinski definition) is 3. The van der Waals surface area contributed by atoms with Crippen molar-refractivity contribution in [3.8, 4) is 0 Å². The molecule has 1 saturated heterocycles. The molecular formula is C15H19F2N3O2. The highest BCUT2D eigenvalue weighted by atomic mass is 19.3. The summed E-state index contributed by atoms with van der Waals surface area (Å²) in [6.45, 7) is 1.64. The zero-order chi connectivity index (χ0) is 15.9. The predicted molar refractivity (Wildman–Crippen MR) is 75.9 cm³/mol. The first-order chi connectivity index (χ1) is 10.4. The number of hydrogen-bond donors (Lipinski definition) is 0. The van der Waals surface area contributed by atoms with Gasteiger partial charge in [-0.25, -0.2) is 13.5 Å². The van der Waals surface area contributed by atoms with Crippen molar-refractivity contribution in [1.29, 1.82) is 0 Å². The molecule has 0 aromatic carbocycles. The van der Waals surface area contributed by atoms with Crippen molar-refractivity contribution in [2.24, 2.45) is 0 Å². The van der Waals surface area contributed by atoms with Crippen LogP contribution in [0.4, 0.5) is 8.78 Å². The normalized spacial score (nSPS) is 22.4. The lowest BCUT2D eigenvalue weighted by atomic mass is 10.1. The summed E-state index contributed by atoms with van der Waals surface area (Å²) in [4.78, 5) is 25.8. The van der Waals surface area contributed by atoms with E-state index in [2.05, 4.69) is 5.10 Å². The number of nitrogens with zero attached hydrogens (tertiary/aromatic N) is 3. The zero-order valence-corrected chi connectivity index (χ0v) is 12.5. The number of aromatic nitrogens is 2. The molecule has 22 heavy (non-hydrogen) atoms. The van der Waals surface area contributed by atoms with Crippen LogP contribution in [0.3, 0.4) is 0 Å². The van der Waals surface area contributed by atoms with E-state index in [0.717, 1.165) is 18.5 Å². The van der Waals surface area contributed by atoms with Crippen molar-refractivity contribution in [3.63, 3.8) is 0 Å². The van der Waals surface area contributed by atoms with E-state index in [0.29, 0.717) is 5.92 Å². The van der Waals surface area contributed by atoms with E-state index in [1.54, 1.807) is 13.0 Å². The van der Waals surface area contributed by atoms with Crippen LogP contribution in [0.15, 0.2) is 16.9 Å². The van der Waals surface area contributed by atoms with E-state index in [1.807, 2.05) is 0 Å². The van der Waals surface area contributed by atoms with Gasteiger partial charge >= 0.3 is 0 Å². The van der Waals surface area contributed by atoms with Gasteiger partial charge in [-0.2, -0.15) is 5.10 Å². The molecule has 1 aliphatic carbocycles. The minimum Gasteiger partial charge on any atom is -0.340 e. The lowest BCUT2D eigenvalue weighted by Crippen LogP contribution is -2.46. The SMILES string of the molecule is CC(C(=O)N1CCC(F)(F)CC1)n1nc(C2CC2)ccc1=O. The average molecular weight is 311 g/mol. The molecule has 1 aliphatic heterocycles. The number of halogens is 2. The van der Waals surface area contributed by atoms with Crippen LogP contribution >= 0.6 is 0 Å². The van der Waals surface area contributed by atoms with Gasteiger partial charge in [0.2, 0.25) is 5.91 Å². The van der Waals surface area contributed by atoms with Crippen molar-refractivity contribution < 1.29 is 13.6 Å². The number of carbonyl (C=O) groups excluding carboxylic acids is 1. The largest absolute Gasteiger partial charge is 0.340 e. The second-order valence-electron chi connectivity index (χ2n) is 6.17. The van der Waals surface area contributed by atoms with Gasteiger partial charge in [0.15, 0.2) is 0 Å². The van der Waals surface area contributed by atoms with Gasteiger partial charge in [-0.3, -0.25) is 9.59 Å².